The predicted octanol–water partition coefficient (Wildman–Crippen LogP) is 0.685. The minimum atomic E-state index is -0.0194. The molecule has 2 N–H and O–H groups in total. The molecule has 2 saturated heterocycles. The summed E-state index contributed by atoms with van der Waals surface area (Å²) >= 11 is 0. The molecule has 5 nitrogen and oxygen atoms in total. The fourth-order valence-electron chi connectivity index (χ4n) is 1.31. The van der Waals surface area contributed by atoms with Crippen LogP contribution in [0.5, 0.6) is 5.75 Å². The highest BCUT2D eigenvalue weighted by Gasteiger charge is 2.26. The lowest BCUT2D eigenvalue weighted by Gasteiger charge is -1.95. The van der Waals surface area contributed by atoms with Crippen molar-refractivity contribution in [2.75, 3.05) is 26.4 Å². The highest BCUT2D eigenvalue weighted by atomic mass is 16.6. The van der Waals surface area contributed by atoms with E-state index in [1.807, 2.05) is 0 Å². The summed E-state index contributed by atoms with van der Waals surface area (Å²) in [7, 11) is 0. The summed E-state index contributed by atoms with van der Waals surface area (Å²) in [6, 6.07) is 6.54. The molecule has 1 aromatic rings. The van der Waals surface area contributed by atoms with E-state index in [9.17, 15) is 0 Å². The maximum Gasteiger partial charge on any atom is 0.115 e. The van der Waals surface area contributed by atoms with Gasteiger partial charge in [-0.1, -0.05) is 12.1 Å². The van der Waals surface area contributed by atoms with Gasteiger partial charge in [-0.25, -0.2) is 0 Å². The average Bonchev–Trinajstić information content (AvgIpc) is 3.24. The van der Waals surface area contributed by atoms with E-state index in [0.717, 1.165) is 32.0 Å². The summed E-state index contributed by atoms with van der Waals surface area (Å²) < 4.78 is 15.1. The van der Waals surface area contributed by atoms with Crippen LogP contribution in [0, 0.1) is 0 Å². The van der Waals surface area contributed by atoms with Gasteiger partial charge in [0, 0.05) is 0 Å². The summed E-state index contributed by atoms with van der Waals surface area (Å²) in [5, 5.41) is 17.4. The first-order chi connectivity index (χ1) is 8.78. The SMILES string of the molecule is C(OCC1CO1)C1CO1.OCc1cccc(O)c1. The molecular weight excluding hydrogens is 236 g/mol. The minimum absolute atomic E-state index is 0.0194. The highest BCUT2D eigenvalue weighted by Crippen LogP contribution is 2.12. The van der Waals surface area contributed by atoms with Gasteiger partial charge in [0.05, 0.1) is 33.0 Å². The third-order valence-corrected chi connectivity index (χ3v) is 2.51. The maximum absolute atomic E-state index is 8.83. The molecule has 2 fully saturated rings. The van der Waals surface area contributed by atoms with E-state index in [1.54, 1.807) is 18.2 Å². The number of benzene rings is 1. The van der Waals surface area contributed by atoms with Crippen LogP contribution in [0.25, 0.3) is 0 Å². The Labute approximate surface area is 106 Å². The first kappa shape index (κ1) is 13.3. The third kappa shape index (κ3) is 5.46. The quantitative estimate of drug-likeness (QED) is 0.756. The first-order valence-electron chi connectivity index (χ1n) is 5.97. The molecule has 2 heterocycles. The van der Waals surface area contributed by atoms with Crippen molar-refractivity contribution in [3.05, 3.63) is 29.8 Å². The lowest BCUT2D eigenvalue weighted by atomic mass is 10.2. The Morgan fingerprint density at radius 1 is 1.17 bits per heavy atom. The first-order valence-corrected chi connectivity index (χ1v) is 5.97. The van der Waals surface area contributed by atoms with Gasteiger partial charge in [0.2, 0.25) is 0 Å². The van der Waals surface area contributed by atoms with Crippen molar-refractivity contribution in [2.24, 2.45) is 0 Å². The molecule has 0 saturated carbocycles. The Bertz CT molecular complexity index is 348. The summed E-state index contributed by atoms with van der Waals surface area (Å²) in [6.07, 6.45) is 0.785. The highest BCUT2D eigenvalue weighted by molar-refractivity contribution is 5.26. The molecule has 1 aromatic carbocycles. The predicted molar refractivity (Wildman–Crippen MR) is 64.3 cm³/mol. The van der Waals surface area contributed by atoms with Crippen LogP contribution < -0.4 is 0 Å². The fourth-order valence-corrected chi connectivity index (χ4v) is 1.31. The van der Waals surface area contributed by atoms with E-state index in [2.05, 4.69) is 0 Å². The van der Waals surface area contributed by atoms with Crippen LogP contribution in [0.2, 0.25) is 0 Å². The van der Waals surface area contributed by atoms with E-state index in [0.29, 0.717) is 12.2 Å². The van der Waals surface area contributed by atoms with E-state index in [1.165, 1.54) is 6.07 Å². The molecule has 0 spiro atoms. The largest absolute Gasteiger partial charge is 0.508 e. The lowest BCUT2D eigenvalue weighted by molar-refractivity contribution is 0.102. The number of rotatable bonds is 5. The summed E-state index contributed by atoms with van der Waals surface area (Å²) in [6.45, 7) is 3.24. The molecule has 2 atom stereocenters. The zero-order valence-electron chi connectivity index (χ0n) is 10.1. The van der Waals surface area contributed by atoms with Gasteiger partial charge in [0.25, 0.3) is 0 Å². The van der Waals surface area contributed by atoms with Crippen LogP contribution >= 0.6 is 0 Å². The van der Waals surface area contributed by atoms with Gasteiger partial charge in [-0.2, -0.15) is 0 Å². The van der Waals surface area contributed by atoms with Crippen molar-refractivity contribution in [3.8, 4) is 5.75 Å². The number of aliphatic hydroxyl groups excluding tert-OH is 1. The van der Waals surface area contributed by atoms with Gasteiger partial charge < -0.3 is 24.4 Å². The summed E-state index contributed by atoms with van der Waals surface area (Å²) in [5.74, 6) is 0.196. The molecule has 18 heavy (non-hydrogen) atoms. The van der Waals surface area contributed by atoms with Crippen LogP contribution in [0.4, 0.5) is 0 Å². The second kappa shape index (κ2) is 6.70. The molecule has 2 aliphatic rings. The second-order valence-corrected chi connectivity index (χ2v) is 4.28. The van der Waals surface area contributed by atoms with Gasteiger partial charge in [-0.05, 0) is 17.7 Å². The Balaban J connectivity index is 0.000000134. The molecule has 0 aromatic heterocycles. The maximum atomic E-state index is 8.83. The van der Waals surface area contributed by atoms with Crippen molar-refractivity contribution in [1.29, 1.82) is 0 Å². The fraction of sp³-hybridized carbons (Fsp3) is 0.538. The molecule has 100 valence electrons. The molecule has 2 aliphatic heterocycles. The third-order valence-electron chi connectivity index (χ3n) is 2.51. The van der Waals surface area contributed by atoms with Gasteiger partial charge in [-0.3, -0.25) is 0 Å². The number of phenolic OH excluding ortho intramolecular Hbond substituents is 1. The average molecular weight is 254 g/mol. The monoisotopic (exact) mass is 254 g/mol. The normalized spacial score (nSPS) is 24.1. The van der Waals surface area contributed by atoms with Crippen molar-refractivity contribution in [2.45, 2.75) is 18.8 Å². The van der Waals surface area contributed by atoms with E-state index in [-0.39, 0.29) is 12.4 Å². The van der Waals surface area contributed by atoms with Crippen molar-refractivity contribution in [1.82, 2.24) is 0 Å². The minimum Gasteiger partial charge on any atom is -0.508 e. The number of hydrogen-bond acceptors (Lipinski definition) is 5. The standard InChI is InChI=1S/C7H8O2.C6H10O3/c8-5-6-2-1-3-7(9)4-6;1(5-3-8-5)7-2-6-4-9-6/h1-4,8-9H,5H2;5-6H,1-4H2. The van der Waals surface area contributed by atoms with E-state index >= 15 is 0 Å². The van der Waals surface area contributed by atoms with Crippen LogP contribution in [0.1, 0.15) is 5.56 Å². The van der Waals surface area contributed by atoms with Crippen LogP contribution in [-0.4, -0.2) is 48.8 Å². The van der Waals surface area contributed by atoms with Crippen LogP contribution in [-0.2, 0) is 20.8 Å². The number of aliphatic hydroxyl groups is 1. The Morgan fingerprint density at radius 2 is 1.78 bits per heavy atom. The molecule has 2 unspecified atom stereocenters. The van der Waals surface area contributed by atoms with Gasteiger partial charge in [0.1, 0.15) is 18.0 Å². The van der Waals surface area contributed by atoms with Crippen molar-refractivity contribution < 1.29 is 24.4 Å². The molecule has 5 heteroatoms. The van der Waals surface area contributed by atoms with E-state index < -0.39 is 0 Å². The molecule has 0 amide bonds. The van der Waals surface area contributed by atoms with Crippen LogP contribution in [0.15, 0.2) is 24.3 Å². The van der Waals surface area contributed by atoms with E-state index in [4.69, 9.17) is 24.4 Å². The molecule has 0 radical (unpaired) electrons. The lowest BCUT2D eigenvalue weighted by Crippen LogP contribution is -2.06. The Kier molecular flexibility index (Phi) is 4.95. The second-order valence-electron chi connectivity index (χ2n) is 4.28. The summed E-state index contributed by atoms with van der Waals surface area (Å²) in [5.41, 5.74) is 0.731. The van der Waals surface area contributed by atoms with Gasteiger partial charge >= 0.3 is 0 Å². The Morgan fingerprint density at radius 3 is 2.17 bits per heavy atom. The number of ether oxygens (including phenoxy) is 3. The zero-order chi connectivity index (χ0) is 12.8. The van der Waals surface area contributed by atoms with Gasteiger partial charge in [0.15, 0.2) is 0 Å². The number of phenols is 1. The van der Waals surface area contributed by atoms with Crippen molar-refractivity contribution in [3.63, 3.8) is 0 Å². The van der Waals surface area contributed by atoms with Crippen molar-refractivity contribution >= 4 is 0 Å². The Hall–Kier alpha value is -1.14. The van der Waals surface area contributed by atoms with Crippen LogP contribution in [0.3, 0.4) is 0 Å². The zero-order valence-corrected chi connectivity index (χ0v) is 10.1. The topological polar surface area (TPSA) is 74.8 Å². The van der Waals surface area contributed by atoms with Gasteiger partial charge in [-0.15, -0.1) is 0 Å². The molecular formula is C13H18O5. The number of hydrogen-bond donors (Lipinski definition) is 2. The molecule has 0 bridgehead atoms. The molecule has 3 rings (SSSR count). The molecule has 0 aliphatic carbocycles. The smallest absolute Gasteiger partial charge is 0.115 e. The number of aromatic hydroxyl groups is 1. The summed E-state index contributed by atoms with van der Waals surface area (Å²) in [4.78, 5) is 0. The number of epoxide rings is 2.